The molecule has 25 heavy (non-hydrogen) atoms. The zero-order chi connectivity index (χ0) is 17.2. The van der Waals surface area contributed by atoms with Gasteiger partial charge in [0.05, 0.1) is 5.69 Å². The van der Waals surface area contributed by atoms with Crippen molar-refractivity contribution >= 4 is 34.0 Å². The largest absolute Gasteiger partial charge is 0.302 e. The van der Waals surface area contributed by atoms with Crippen LogP contribution in [-0.2, 0) is 11.3 Å². The fourth-order valence-electron chi connectivity index (χ4n) is 3.57. The van der Waals surface area contributed by atoms with Crippen molar-refractivity contribution in [1.29, 1.82) is 0 Å². The molecule has 1 saturated carbocycles. The van der Waals surface area contributed by atoms with Crippen LogP contribution in [0.15, 0.2) is 29.6 Å². The fraction of sp³-hybridized carbons (Fsp3) is 0.474. The number of thiazole rings is 1. The number of likely N-dealkylation sites (tertiary alicyclic amines) is 1. The minimum absolute atomic E-state index is 0.0351. The van der Waals surface area contributed by atoms with Crippen LogP contribution in [-0.4, -0.2) is 28.9 Å². The van der Waals surface area contributed by atoms with Crippen molar-refractivity contribution in [2.75, 3.05) is 18.4 Å². The molecule has 132 valence electrons. The monoisotopic (exact) mass is 375 g/mol. The van der Waals surface area contributed by atoms with Gasteiger partial charge in [-0.05, 0) is 56.0 Å². The van der Waals surface area contributed by atoms with Gasteiger partial charge < -0.3 is 5.32 Å². The summed E-state index contributed by atoms with van der Waals surface area (Å²) >= 11 is 7.56. The number of nitrogens with zero attached hydrogens (tertiary/aromatic N) is 2. The highest BCUT2D eigenvalue weighted by Gasteiger charge is 2.44. The van der Waals surface area contributed by atoms with Crippen LogP contribution in [0, 0.1) is 5.92 Å². The number of hydrogen-bond donors (Lipinski definition) is 1. The van der Waals surface area contributed by atoms with Gasteiger partial charge in [0.2, 0.25) is 5.91 Å². The van der Waals surface area contributed by atoms with Crippen LogP contribution in [0.1, 0.15) is 42.9 Å². The van der Waals surface area contributed by atoms with E-state index >= 15 is 0 Å². The Bertz CT molecular complexity index is 757. The zero-order valence-electron chi connectivity index (χ0n) is 14.1. The van der Waals surface area contributed by atoms with Crippen molar-refractivity contribution in [1.82, 2.24) is 9.88 Å². The SMILES string of the molecule is O=C(Nc1nc(CN2CCCCC2)cs1)C1CC1c1cccc(Cl)c1. The predicted molar refractivity (Wildman–Crippen MR) is 102 cm³/mol. The first-order valence-corrected chi connectivity index (χ1v) is 10.2. The Balaban J connectivity index is 1.31. The van der Waals surface area contributed by atoms with Crippen LogP contribution in [0.5, 0.6) is 0 Å². The molecule has 1 aliphatic heterocycles. The lowest BCUT2D eigenvalue weighted by molar-refractivity contribution is -0.117. The first-order chi connectivity index (χ1) is 12.2. The van der Waals surface area contributed by atoms with Gasteiger partial charge in [0.15, 0.2) is 5.13 Å². The molecule has 2 aliphatic rings. The van der Waals surface area contributed by atoms with E-state index in [1.165, 1.54) is 30.6 Å². The Morgan fingerprint density at radius 1 is 1.32 bits per heavy atom. The molecule has 2 atom stereocenters. The molecule has 2 heterocycles. The molecule has 2 fully saturated rings. The molecule has 1 aromatic heterocycles. The molecule has 1 aliphatic carbocycles. The van der Waals surface area contributed by atoms with E-state index in [4.69, 9.17) is 11.6 Å². The molecule has 4 nitrogen and oxygen atoms in total. The first-order valence-electron chi connectivity index (χ1n) is 8.92. The molecular formula is C19H22ClN3OS. The van der Waals surface area contributed by atoms with Crippen LogP contribution >= 0.6 is 22.9 Å². The molecule has 0 radical (unpaired) electrons. The lowest BCUT2D eigenvalue weighted by Crippen LogP contribution is -2.29. The van der Waals surface area contributed by atoms with Crippen molar-refractivity contribution < 1.29 is 4.79 Å². The molecule has 1 saturated heterocycles. The van der Waals surface area contributed by atoms with Crippen molar-refractivity contribution in [3.8, 4) is 0 Å². The van der Waals surface area contributed by atoms with Crippen LogP contribution in [0.4, 0.5) is 5.13 Å². The molecule has 2 aromatic rings. The second kappa shape index (κ2) is 7.44. The standard InChI is InChI=1S/C19H22ClN3OS/c20-14-6-4-5-13(9-14)16-10-17(16)18(24)22-19-21-15(12-25-19)11-23-7-2-1-3-8-23/h4-6,9,12,16-17H,1-3,7-8,10-11H2,(H,21,22,24). The number of amides is 1. The van der Waals surface area contributed by atoms with Gasteiger partial charge >= 0.3 is 0 Å². The van der Waals surface area contributed by atoms with Gasteiger partial charge in [-0.25, -0.2) is 4.98 Å². The number of piperidine rings is 1. The number of anilines is 1. The number of nitrogens with one attached hydrogen (secondary N) is 1. The molecule has 0 spiro atoms. The number of hydrogen-bond acceptors (Lipinski definition) is 4. The van der Waals surface area contributed by atoms with Crippen molar-refractivity contribution in [3.63, 3.8) is 0 Å². The summed E-state index contributed by atoms with van der Waals surface area (Å²) in [5.74, 6) is 0.392. The summed E-state index contributed by atoms with van der Waals surface area (Å²) in [6.45, 7) is 3.20. The van der Waals surface area contributed by atoms with Gasteiger partial charge in [-0.15, -0.1) is 11.3 Å². The summed E-state index contributed by atoms with van der Waals surface area (Å²) in [5, 5.41) is 6.50. The number of carbonyl (C=O) groups excluding carboxylic acids is 1. The van der Waals surface area contributed by atoms with Crippen LogP contribution in [0.3, 0.4) is 0 Å². The fourth-order valence-corrected chi connectivity index (χ4v) is 4.48. The Morgan fingerprint density at radius 2 is 2.16 bits per heavy atom. The highest BCUT2D eigenvalue weighted by atomic mass is 35.5. The third-order valence-corrected chi connectivity index (χ3v) is 6.06. The number of benzene rings is 1. The summed E-state index contributed by atoms with van der Waals surface area (Å²) in [6.07, 6.45) is 4.78. The summed E-state index contributed by atoms with van der Waals surface area (Å²) in [6, 6.07) is 7.81. The quantitative estimate of drug-likeness (QED) is 0.835. The van der Waals surface area contributed by atoms with E-state index in [1.54, 1.807) is 0 Å². The maximum Gasteiger partial charge on any atom is 0.229 e. The lowest BCUT2D eigenvalue weighted by atomic mass is 10.1. The molecule has 2 unspecified atom stereocenters. The summed E-state index contributed by atoms with van der Waals surface area (Å²) in [5.41, 5.74) is 2.21. The Kier molecular flexibility index (Phi) is 5.06. The minimum atomic E-state index is 0.0351. The van der Waals surface area contributed by atoms with Gasteiger partial charge in [-0.1, -0.05) is 30.2 Å². The zero-order valence-corrected chi connectivity index (χ0v) is 15.7. The van der Waals surface area contributed by atoms with E-state index in [1.807, 2.05) is 24.3 Å². The maximum absolute atomic E-state index is 12.5. The van der Waals surface area contributed by atoms with Gasteiger partial charge in [-0.3, -0.25) is 9.69 Å². The maximum atomic E-state index is 12.5. The van der Waals surface area contributed by atoms with Crippen molar-refractivity contribution in [2.45, 2.75) is 38.1 Å². The normalized spacial score (nSPS) is 23.4. The molecule has 1 N–H and O–H groups in total. The number of aromatic nitrogens is 1. The second-order valence-electron chi connectivity index (χ2n) is 6.97. The average Bonchev–Trinajstić information content (AvgIpc) is 3.31. The van der Waals surface area contributed by atoms with E-state index in [0.717, 1.165) is 42.3 Å². The summed E-state index contributed by atoms with van der Waals surface area (Å²) in [4.78, 5) is 19.5. The van der Waals surface area contributed by atoms with E-state index in [2.05, 4.69) is 20.6 Å². The number of carbonyl (C=O) groups is 1. The van der Waals surface area contributed by atoms with Gasteiger partial charge in [0.1, 0.15) is 0 Å². The molecule has 0 bridgehead atoms. The van der Waals surface area contributed by atoms with Gasteiger partial charge in [0, 0.05) is 22.9 Å². The second-order valence-corrected chi connectivity index (χ2v) is 8.27. The molecule has 6 heteroatoms. The number of halogens is 1. The molecular weight excluding hydrogens is 354 g/mol. The third-order valence-electron chi connectivity index (χ3n) is 5.02. The summed E-state index contributed by atoms with van der Waals surface area (Å²) < 4.78 is 0. The predicted octanol–water partition coefficient (Wildman–Crippen LogP) is 4.52. The Labute approximate surface area is 157 Å². The first kappa shape index (κ1) is 17.0. The lowest BCUT2D eigenvalue weighted by Gasteiger charge is -2.25. The summed E-state index contributed by atoms with van der Waals surface area (Å²) in [7, 11) is 0. The van der Waals surface area contributed by atoms with Crippen LogP contribution in [0.25, 0.3) is 0 Å². The van der Waals surface area contributed by atoms with E-state index in [9.17, 15) is 4.79 Å². The third kappa shape index (κ3) is 4.22. The smallest absolute Gasteiger partial charge is 0.229 e. The van der Waals surface area contributed by atoms with E-state index in [0.29, 0.717) is 5.13 Å². The van der Waals surface area contributed by atoms with Crippen molar-refractivity contribution in [2.24, 2.45) is 5.92 Å². The topological polar surface area (TPSA) is 45.2 Å². The molecule has 1 aromatic carbocycles. The molecule has 4 rings (SSSR count). The average molecular weight is 376 g/mol. The van der Waals surface area contributed by atoms with Gasteiger partial charge in [-0.2, -0.15) is 0 Å². The van der Waals surface area contributed by atoms with Crippen molar-refractivity contribution in [3.05, 3.63) is 45.9 Å². The highest BCUT2D eigenvalue weighted by Crippen LogP contribution is 2.48. The van der Waals surface area contributed by atoms with Crippen LogP contribution < -0.4 is 5.32 Å². The Hall–Kier alpha value is -1.43. The minimum Gasteiger partial charge on any atom is -0.302 e. The number of rotatable bonds is 5. The highest BCUT2D eigenvalue weighted by molar-refractivity contribution is 7.13. The van der Waals surface area contributed by atoms with E-state index < -0.39 is 0 Å². The van der Waals surface area contributed by atoms with Gasteiger partial charge in [0.25, 0.3) is 0 Å². The molecule has 1 amide bonds. The Morgan fingerprint density at radius 3 is 2.96 bits per heavy atom. The van der Waals surface area contributed by atoms with Crippen LogP contribution in [0.2, 0.25) is 5.02 Å². The van der Waals surface area contributed by atoms with E-state index in [-0.39, 0.29) is 17.7 Å².